The van der Waals surface area contributed by atoms with Crippen LogP contribution in [0.25, 0.3) is 10.2 Å². The third-order valence-electron chi connectivity index (χ3n) is 4.61. The molecule has 1 unspecified atom stereocenters. The molecule has 0 fully saturated rings. The van der Waals surface area contributed by atoms with Crippen molar-refractivity contribution in [3.8, 4) is 0 Å². The lowest BCUT2D eigenvalue weighted by atomic mass is 9.97. The Kier molecular flexibility index (Phi) is 5.01. The number of carbonyl (C=O) groups is 1. The van der Waals surface area contributed by atoms with Crippen molar-refractivity contribution >= 4 is 50.7 Å². The molecular weight excluding hydrogens is 383 g/mol. The summed E-state index contributed by atoms with van der Waals surface area (Å²) in [5.74, 6) is -0.296. The van der Waals surface area contributed by atoms with Crippen LogP contribution in [0.5, 0.6) is 0 Å². The van der Waals surface area contributed by atoms with Crippen molar-refractivity contribution in [2.24, 2.45) is 0 Å². The fourth-order valence-electron chi connectivity index (χ4n) is 3.23. The molecule has 0 radical (unpaired) electrons. The van der Waals surface area contributed by atoms with Gasteiger partial charge < -0.3 is 11.1 Å². The van der Waals surface area contributed by atoms with E-state index in [0.29, 0.717) is 11.0 Å². The highest BCUT2D eigenvalue weighted by atomic mass is 32.2. The third kappa shape index (κ3) is 3.64. The van der Waals surface area contributed by atoms with Crippen LogP contribution in [0.4, 0.5) is 15.9 Å². The Hall–Kier alpha value is -2.19. The van der Waals surface area contributed by atoms with Gasteiger partial charge in [0.05, 0.1) is 16.3 Å². The van der Waals surface area contributed by atoms with Gasteiger partial charge in [-0.1, -0.05) is 23.9 Å². The summed E-state index contributed by atoms with van der Waals surface area (Å²) >= 11 is 2.90. The quantitative estimate of drug-likeness (QED) is 0.499. The van der Waals surface area contributed by atoms with Gasteiger partial charge >= 0.3 is 0 Å². The van der Waals surface area contributed by atoms with E-state index in [4.69, 9.17) is 5.73 Å². The highest BCUT2D eigenvalue weighted by Crippen LogP contribution is 2.38. The lowest BCUT2D eigenvalue weighted by Gasteiger charge is -2.12. The number of aromatic nitrogens is 2. The van der Waals surface area contributed by atoms with Crippen molar-refractivity contribution in [1.29, 1.82) is 0 Å². The topological polar surface area (TPSA) is 80.9 Å². The maximum Gasteiger partial charge on any atom is 0.237 e. The van der Waals surface area contributed by atoms with Crippen molar-refractivity contribution in [3.05, 3.63) is 40.5 Å². The Morgan fingerprint density at radius 1 is 1.30 bits per heavy atom. The number of hydrogen-bond acceptors (Lipinski definition) is 6. The van der Waals surface area contributed by atoms with Gasteiger partial charge in [0.1, 0.15) is 16.5 Å². The molecule has 5 nitrogen and oxygen atoms in total. The number of hydrogen-bond donors (Lipinski definition) is 2. The molecule has 1 aliphatic rings. The number of fused-ring (bicyclic) bond motifs is 3. The minimum absolute atomic E-state index is 0.164. The summed E-state index contributed by atoms with van der Waals surface area (Å²) in [6.07, 6.45) is 4.46. The maximum atomic E-state index is 13.7. The molecule has 1 aromatic carbocycles. The number of halogens is 1. The van der Waals surface area contributed by atoms with E-state index in [2.05, 4.69) is 15.3 Å². The zero-order valence-corrected chi connectivity index (χ0v) is 16.4. The first-order chi connectivity index (χ1) is 13.0. The summed E-state index contributed by atoms with van der Waals surface area (Å²) in [5.41, 5.74) is 7.67. The number of nitrogen functional groups attached to an aromatic ring is 1. The fraction of sp³-hybridized carbons (Fsp3) is 0.316. The number of para-hydroxylation sites is 1. The van der Waals surface area contributed by atoms with E-state index in [1.807, 2.05) is 0 Å². The van der Waals surface area contributed by atoms with Crippen molar-refractivity contribution in [2.45, 2.75) is 43.0 Å². The molecule has 8 heteroatoms. The third-order valence-corrected chi connectivity index (χ3v) is 6.75. The summed E-state index contributed by atoms with van der Waals surface area (Å²) < 4.78 is 13.7. The zero-order valence-electron chi connectivity index (χ0n) is 14.8. The minimum Gasteiger partial charge on any atom is -0.383 e. The molecule has 3 N–H and O–H groups in total. The Labute approximate surface area is 164 Å². The molecule has 3 aromatic rings. The Morgan fingerprint density at radius 3 is 2.89 bits per heavy atom. The molecule has 0 spiro atoms. The van der Waals surface area contributed by atoms with Gasteiger partial charge in [-0.2, -0.15) is 0 Å². The van der Waals surface area contributed by atoms with Gasteiger partial charge in [0.25, 0.3) is 0 Å². The molecule has 1 atom stereocenters. The molecule has 0 saturated carbocycles. The monoisotopic (exact) mass is 402 g/mol. The van der Waals surface area contributed by atoms with E-state index in [0.717, 1.165) is 23.1 Å². The van der Waals surface area contributed by atoms with Crippen LogP contribution in [0, 0.1) is 5.82 Å². The summed E-state index contributed by atoms with van der Waals surface area (Å²) in [5, 5.41) is 3.55. The highest BCUT2D eigenvalue weighted by molar-refractivity contribution is 8.00. The van der Waals surface area contributed by atoms with Gasteiger partial charge in [-0.25, -0.2) is 14.4 Å². The Bertz CT molecular complexity index is 1020. The van der Waals surface area contributed by atoms with Crippen LogP contribution in [-0.4, -0.2) is 21.1 Å². The van der Waals surface area contributed by atoms with E-state index in [9.17, 15) is 9.18 Å². The molecule has 4 rings (SSSR count). The van der Waals surface area contributed by atoms with Crippen molar-refractivity contribution in [1.82, 2.24) is 9.97 Å². The number of anilines is 2. The smallest absolute Gasteiger partial charge is 0.237 e. The van der Waals surface area contributed by atoms with Crippen molar-refractivity contribution < 1.29 is 9.18 Å². The van der Waals surface area contributed by atoms with Crippen LogP contribution in [-0.2, 0) is 17.6 Å². The normalized spacial score (nSPS) is 14.7. The maximum absolute atomic E-state index is 13.7. The van der Waals surface area contributed by atoms with Crippen LogP contribution in [0.2, 0.25) is 0 Å². The van der Waals surface area contributed by atoms with E-state index < -0.39 is 11.1 Å². The number of aryl methyl sites for hydroxylation is 2. The van der Waals surface area contributed by atoms with Crippen LogP contribution < -0.4 is 11.1 Å². The number of carbonyl (C=O) groups excluding carboxylic acids is 1. The first-order valence-electron chi connectivity index (χ1n) is 8.82. The van der Waals surface area contributed by atoms with Gasteiger partial charge in [0.2, 0.25) is 5.91 Å². The van der Waals surface area contributed by atoms with Gasteiger partial charge in [0.15, 0.2) is 5.16 Å². The van der Waals surface area contributed by atoms with E-state index in [1.54, 1.807) is 30.4 Å². The van der Waals surface area contributed by atoms with Crippen LogP contribution >= 0.6 is 23.1 Å². The number of amides is 1. The number of nitrogens with zero attached hydrogens (tertiary/aromatic N) is 2. The van der Waals surface area contributed by atoms with Crippen LogP contribution in [0.3, 0.4) is 0 Å². The first kappa shape index (κ1) is 18.2. The fourth-order valence-corrected chi connectivity index (χ4v) is 5.33. The Morgan fingerprint density at radius 2 is 2.07 bits per heavy atom. The largest absolute Gasteiger partial charge is 0.383 e. The molecule has 140 valence electrons. The van der Waals surface area contributed by atoms with Crippen molar-refractivity contribution in [2.75, 3.05) is 11.1 Å². The number of nitrogens with two attached hydrogens (primary N) is 1. The second-order valence-electron chi connectivity index (χ2n) is 6.51. The Balaban J connectivity index is 1.54. The number of thioether (sulfide) groups is 1. The van der Waals surface area contributed by atoms with Crippen LogP contribution in [0.15, 0.2) is 29.4 Å². The number of benzene rings is 1. The zero-order chi connectivity index (χ0) is 19.0. The highest BCUT2D eigenvalue weighted by Gasteiger charge is 2.22. The molecule has 1 aliphatic carbocycles. The molecule has 27 heavy (non-hydrogen) atoms. The molecule has 2 aromatic heterocycles. The number of nitrogens with one attached hydrogen (secondary N) is 1. The standard InChI is InChI=1S/C19H19FN4OS2/c1-10(17(25)22-13-8-4-3-7-12(13)20)26-19-23-16(21)15-11-6-2-5-9-14(11)27-18(15)24-19/h3-4,7-8,10H,2,5-6,9H2,1H3,(H,22,25)(H2,21,23,24). The number of rotatable bonds is 4. The SMILES string of the molecule is CC(Sc1nc(N)c2c3c(sc2n1)CCCC3)C(=O)Nc1ccccc1F. The second kappa shape index (κ2) is 7.44. The summed E-state index contributed by atoms with van der Waals surface area (Å²) in [4.78, 5) is 23.7. The molecular formula is C19H19FN4OS2. The average Bonchev–Trinajstić information content (AvgIpc) is 3.02. The molecule has 0 aliphatic heterocycles. The summed E-state index contributed by atoms with van der Waals surface area (Å²) in [6.45, 7) is 1.74. The van der Waals surface area contributed by atoms with Gasteiger partial charge in [-0.05, 0) is 50.3 Å². The molecule has 2 heterocycles. The second-order valence-corrected chi connectivity index (χ2v) is 8.90. The summed E-state index contributed by atoms with van der Waals surface area (Å²) in [7, 11) is 0. The van der Waals surface area contributed by atoms with E-state index in [-0.39, 0.29) is 11.6 Å². The molecule has 1 amide bonds. The predicted octanol–water partition coefficient (Wildman–Crippen LogP) is 4.41. The van der Waals surface area contributed by atoms with Crippen LogP contribution in [0.1, 0.15) is 30.2 Å². The predicted molar refractivity (Wildman–Crippen MR) is 109 cm³/mol. The van der Waals surface area contributed by atoms with Gasteiger partial charge in [-0.15, -0.1) is 11.3 Å². The van der Waals surface area contributed by atoms with E-state index in [1.165, 1.54) is 47.2 Å². The number of thiophene rings is 1. The van der Waals surface area contributed by atoms with E-state index >= 15 is 0 Å². The molecule has 0 saturated heterocycles. The minimum atomic E-state index is -0.490. The first-order valence-corrected chi connectivity index (χ1v) is 10.5. The average molecular weight is 403 g/mol. The summed E-state index contributed by atoms with van der Waals surface area (Å²) in [6, 6.07) is 6.09. The molecule has 0 bridgehead atoms. The van der Waals surface area contributed by atoms with Gasteiger partial charge in [0, 0.05) is 4.88 Å². The lowest BCUT2D eigenvalue weighted by molar-refractivity contribution is -0.115. The van der Waals surface area contributed by atoms with Crippen molar-refractivity contribution in [3.63, 3.8) is 0 Å². The lowest BCUT2D eigenvalue weighted by Crippen LogP contribution is -2.23. The van der Waals surface area contributed by atoms with Gasteiger partial charge in [-0.3, -0.25) is 4.79 Å².